The van der Waals surface area contributed by atoms with Gasteiger partial charge in [-0.1, -0.05) is 0 Å². The highest BCUT2D eigenvalue weighted by atomic mass is 16.6. The molecular formula is C15H24N4O2. The Morgan fingerprint density at radius 1 is 1.48 bits per heavy atom. The molecule has 0 bridgehead atoms. The van der Waals surface area contributed by atoms with Crippen molar-refractivity contribution in [3.05, 3.63) is 24.3 Å². The molecule has 1 aliphatic rings. The number of aromatic nitrogens is 2. The van der Waals surface area contributed by atoms with Crippen molar-refractivity contribution in [1.29, 1.82) is 0 Å². The van der Waals surface area contributed by atoms with Crippen molar-refractivity contribution in [3.8, 4) is 0 Å². The lowest BCUT2D eigenvalue weighted by Crippen LogP contribution is -2.41. The van der Waals surface area contributed by atoms with Crippen LogP contribution in [0.4, 0.5) is 4.79 Å². The lowest BCUT2D eigenvalue weighted by molar-refractivity contribution is 0.0512. The predicted molar refractivity (Wildman–Crippen MR) is 79.7 cm³/mol. The molecule has 1 fully saturated rings. The zero-order chi connectivity index (χ0) is 15.3. The summed E-state index contributed by atoms with van der Waals surface area (Å²) in [5, 5.41) is 2.86. The summed E-state index contributed by atoms with van der Waals surface area (Å²) >= 11 is 0. The minimum Gasteiger partial charge on any atom is -0.444 e. The van der Waals surface area contributed by atoms with Crippen molar-refractivity contribution in [2.75, 3.05) is 13.1 Å². The third-order valence-electron chi connectivity index (χ3n) is 3.36. The van der Waals surface area contributed by atoms with Crippen molar-refractivity contribution in [2.45, 2.75) is 51.8 Å². The second kappa shape index (κ2) is 6.85. The second-order valence-corrected chi connectivity index (χ2v) is 6.35. The molecule has 6 heteroatoms. The number of likely N-dealkylation sites (tertiary alicyclic amines) is 1. The fraction of sp³-hybridized carbons (Fsp3) is 0.667. The van der Waals surface area contributed by atoms with Crippen LogP contribution in [-0.4, -0.2) is 45.7 Å². The molecule has 2 heterocycles. The summed E-state index contributed by atoms with van der Waals surface area (Å²) in [6.07, 6.45) is 7.04. The van der Waals surface area contributed by atoms with Crippen molar-refractivity contribution < 1.29 is 9.53 Å². The van der Waals surface area contributed by atoms with Gasteiger partial charge in [-0.3, -0.25) is 14.9 Å². The average molecular weight is 292 g/mol. The first kappa shape index (κ1) is 15.7. The summed E-state index contributed by atoms with van der Waals surface area (Å²) in [7, 11) is 0. The molecule has 1 amide bonds. The summed E-state index contributed by atoms with van der Waals surface area (Å²) in [4.78, 5) is 22.4. The fourth-order valence-corrected chi connectivity index (χ4v) is 2.47. The van der Waals surface area contributed by atoms with E-state index in [1.807, 2.05) is 20.8 Å². The number of amides is 1. The molecular weight excluding hydrogens is 268 g/mol. The minimum atomic E-state index is -0.459. The third-order valence-corrected chi connectivity index (χ3v) is 3.36. The van der Waals surface area contributed by atoms with E-state index in [1.165, 1.54) is 0 Å². The molecule has 1 aliphatic heterocycles. The lowest BCUT2D eigenvalue weighted by atomic mass is 10.2. The average Bonchev–Trinajstić information content (AvgIpc) is 2.83. The van der Waals surface area contributed by atoms with Gasteiger partial charge in [-0.25, -0.2) is 4.79 Å². The molecule has 1 atom stereocenters. The van der Waals surface area contributed by atoms with Crippen LogP contribution in [0.5, 0.6) is 0 Å². The number of rotatable bonds is 4. The summed E-state index contributed by atoms with van der Waals surface area (Å²) < 4.78 is 5.26. The van der Waals surface area contributed by atoms with Crippen LogP contribution >= 0.6 is 0 Å². The predicted octanol–water partition coefficient (Wildman–Crippen LogP) is 1.97. The molecule has 0 spiro atoms. The third kappa shape index (κ3) is 5.30. The van der Waals surface area contributed by atoms with Crippen molar-refractivity contribution in [3.63, 3.8) is 0 Å². The van der Waals surface area contributed by atoms with E-state index >= 15 is 0 Å². The highest BCUT2D eigenvalue weighted by molar-refractivity contribution is 5.67. The first-order valence-electron chi connectivity index (χ1n) is 7.40. The molecule has 21 heavy (non-hydrogen) atoms. The molecule has 2 rings (SSSR count). The number of nitrogens with one attached hydrogen (secondary N) is 1. The molecule has 0 unspecified atom stereocenters. The lowest BCUT2D eigenvalue weighted by Gasteiger charge is -2.25. The van der Waals surface area contributed by atoms with Gasteiger partial charge in [-0.2, -0.15) is 0 Å². The Morgan fingerprint density at radius 2 is 2.29 bits per heavy atom. The van der Waals surface area contributed by atoms with Crippen LogP contribution in [0.3, 0.4) is 0 Å². The SMILES string of the molecule is CC(C)(C)OC(=O)NC[C@@H]1CCCN1Cc1cnccn1. The van der Waals surface area contributed by atoms with Crippen LogP contribution in [0.25, 0.3) is 0 Å². The largest absolute Gasteiger partial charge is 0.444 e. The molecule has 0 radical (unpaired) electrons. The molecule has 1 aromatic rings. The number of hydrogen-bond donors (Lipinski definition) is 1. The van der Waals surface area contributed by atoms with Gasteiger partial charge in [0.15, 0.2) is 0 Å². The summed E-state index contributed by atoms with van der Waals surface area (Å²) in [5.74, 6) is 0. The zero-order valence-electron chi connectivity index (χ0n) is 13.0. The van der Waals surface area contributed by atoms with Crippen LogP contribution in [0.15, 0.2) is 18.6 Å². The number of ether oxygens (including phenoxy) is 1. The number of nitrogens with zero attached hydrogens (tertiary/aromatic N) is 3. The summed E-state index contributed by atoms with van der Waals surface area (Å²) in [6.45, 7) is 7.99. The maximum atomic E-state index is 11.7. The van der Waals surface area contributed by atoms with E-state index < -0.39 is 5.60 Å². The smallest absolute Gasteiger partial charge is 0.407 e. The van der Waals surface area contributed by atoms with Gasteiger partial charge in [-0.15, -0.1) is 0 Å². The van der Waals surface area contributed by atoms with Gasteiger partial charge in [0, 0.05) is 37.7 Å². The topological polar surface area (TPSA) is 67.3 Å². The summed E-state index contributed by atoms with van der Waals surface area (Å²) in [5.41, 5.74) is 0.501. The number of carbonyl (C=O) groups excluding carboxylic acids is 1. The maximum Gasteiger partial charge on any atom is 0.407 e. The van der Waals surface area contributed by atoms with Gasteiger partial charge < -0.3 is 10.1 Å². The molecule has 0 aromatic carbocycles. The van der Waals surface area contributed by atoms with E-state index in [4.69, 9.17) is 4.74 Å². The van der Waals surface area contributed by atoms with E-state index in [1.54, 1.807) is 18.6 Å². The normalized spacial score (nSPS) is 19.5. The van der Waals surface area contributed by atoms with Gasteiger partial charge in [0.2, 0.25) is 0 Å². The fourth-order valence-electron chi connectivity index (χ4n) is 2.47. The molecule has 0 saturated carbocycles. The van der Waals surface area contributed by atoms with Crippen LogP contribution in [0.2, 0.25) is 0 Å². The Kier molecular flexibility index (Phi) is 5.12. The minimum absolute atomic E-state index is 0.333. The van der Waals surface area contributed by atoms with Gasteiger partial charge in [0.25, 0.3) is 0 Å². The monoisotopic (exact) mass is 292 g/mol. The highest BCUT2D eigenvalue weighted by Gasteiger charge is 2.26. The first-order chi connectivity index (χ1) is 9.94. The molecule has 1 aromatic heterocycles. The van der Waals surface area contributed by atoms with Gasteiger partial charge in [0.1, 0.15) is 5.60 Å². The highest BCUT2D eigenvalue weighted by Crippen LogP contribution is 2.18. The van der Waals surface area contributed by atoms with Crippen LogP contribution < -0.4 is 5.32 Å². The number of hydrogen-bond acceptors (Lipinski definition) is 5. The van der Waals surface area contributed by atoms with Crippen LogP contribution in [0.1, 0.15) is 39.3 Å². The Bertz CT molecular complexity index is 458. The Morgan fingerprint density at radius 3 is 2.95 bits per heavy atom. The summed E-state index contributed by atoms with van der Waals surface area (Å²) in [6, 6.07) is 0.333. The van der Waals surface area contributed by atoms with E-state index in [0.29, 0.717) is 12.6 Å². The van der Waals surface area contributed by atoms with E-state index in [-0.39, 0.29) is 6.09 Å². The Hall–Kier alpha value is -1.69. The van der Waals surface area contributed by atoms with Crippen molar-refractivity contribution >= 4 is 6.09 Å². The number of alkyl carbamates (subject to hydrolysis) is 1. The van der Waals surface area contributed by atoms with E-state index in [2.05, 4.69) is 20.2 Å². The molecule has 0 aliphatic carbocycles. The van der Waals surface area contributed by atoms with Gasteiger partial charge in [0.05, 0.1) is 5.69 Å². The first-order valence-corrected chi connectivity index (χ1v) is 7.40. The van der Waals surface area contributed by atoms with Crippen molar-refractivity contribution in [1.82, 2.24) is 20.2 Å². The molecule has 1 saturated heterocycles. The van der Waals surface area contributed by atoms with E-state index in [9.17, 15) is 4.79 Å². The molecule has 6 nitrogen and oxygen atoms in total. The van der Waals surface area contributed by atoms with Gasteiger partial charge in [-0.05, 0) is 40.2 Å². The number of carbonyl (C=O) groups is 1. The van der Waals surface area contributed by atoms with Crippen LogP contribution in [0, 0.1) is 0 Å². The Labute approximate surface area is 125 Å². The van der Waals surface area contributed by atoms with E-state index in [0.717, 1.165) is 31.6 Å². The molecule has 1 N–H and O–H groups in total. The second-order valence-electron chi connectivity index (χ2n) is 6.35. The Balaban J connectivity index is 1.81. The van der Waals surface area contributed by atoms with Crippen molar-refractivity contribution in [2.24, 2.45) is 0 Å². The van der Waals surface area contributed by atoms with Crippen LogP contribution in [-0.2, 0) is 11.3 Å². The molecule has 116 valence electrons. The quantitative estimate of drug-likeness (QED) is 0.919. The zero-order valence-corrected chi connectivity index (χ0v) is 13.0. The van der Waals surface area contributed by atoms with Gasteiger partial charge >= 0.3 is 6.09 Å². The standard InChI is InChI=1S/C15H24N4O2/c1-15(2,3)21-14(20)18-10-13-5-4-8-19(13)11-12-9-16-6-7-17-12/h6-7,9,13H,4-5,8,10-11H2,1-3H3,(H,18,20)/t13-/m0/s1. The maximum absolute atomic E-state index is 11.7.